The van der Waals surface area contributed by atoms with E-state index in [1.165, 1.54) is 11.6 Å². The molecule has 0 atom stereocenters. The van der Waals surface area contributed by atoms with Crippen LogP contribution in [-0.4, -0.2) is 19.1 Å². The van der Waals surface area contributed by atoms with Crippen LogP contribution < -0.4 is 10.1 Å². The number of ether oxygens (including phenoxy) is 1. The quantitative estimate of drug-likeness (QED) is 0.587. The van der Waals surface area contributed by atoms with Gasteiger partial charge < -0.3 is 10.1 Å². The van der Waals surface area contributed by atoms with E-state index in [-0.39, 0.29) is 5.91 Å². The molecule has 0 spiro atoms. The van der Waals surface area contributed by atoms with Gasteiger partial charge in [-0.3, -0.25) is 4.79 Å². The van der Waals surface area contributed by atoms with Crippen LogP contribution in [0.25, 0.3) is 0 Å². The van der Waals surface area contributed by atoms with Crippen LogP contribution in [0.3, 0.4) is 0 Å². The fourth-order valence-corrected chi connectivity index (χ4v) is 1.66. The van der Waals surface area contributed by atoms with E-state index in [1.807, 2.05) is 43.3 Å². The first-order valence-electron chi connectivity index (χ1n) is 7.40. The highest BCUT2D eigenvalue weighted by Crippen LogP contribution is 2.13. The lowest BCUT2D eigenvalue weighted by Crippen LogP contribution is -2.23. The second-order valence-corrected chi connectivity index (χ2v) is 5.27. The monoisotopic (exact) mass is 287 g/mol. The third kappa shape index (κ3) is 7.98. The highest BCUT2D eigenvalue weighted by Gasteiger charge is 1.99. The van der Waals surface area contributed by atoms with Crippen molar-refractivity contribution in [2.24, 2.45) is 5.92 Å². The summed E-state index contributed by atoms with van der Waals surface area (Å²) in [5.41, 5.74) is 1.18. The molecular weight excluding hydrogens is 262 g/mol. The zero-order valence-corrected chi connectivity index (χ0v) is 13.1. The predicted molar refractivity (Wildman–Crippen MR) is 87.4 cm³/mol. The Bertz CT molecular complexity index is 472. The van der Waals surface area contributed by atoms with Crippen molar-refractivity contribution in [3.8, 4) is 5.75 Å². The molecule has 0 aliphatic rings. The highest BCUT2D eigenvalue weighted by molar-refractivity contribution is 5.87. The van der Waals surface area contributed by atoms with E-state index in [1.54, 1.807) is 6.08 Å². The Morgan fingerprint density at radius 2 is 1.95 bits per heavy atom. The zero-order chi connectivity index (χ0) is 15.5. The Morgan fingerprint density at radius 1 is 1.24 bits per heavy atom. The van der Waals surface area contributed by atoms with Crippen LogP contribution in [0.4, 0.5) is 0 Å². The first-order valence-corrected chi connectivity index (χ1v) is 7.40. The number of rotatable bonds is 8. The molecule has 1 amide bonds. The van der Waals surface area contributed by atoms with Crippen molar-refractivity contribution in [3.05, 3.63) is 54.1 Å². The molecule has 0 unspecified atom stereocenters. The van der Waals surface area contributed by atoms with Crippen LogP contribution in [0.15, 0.2) is 48.6 Å². The van der Waals surface area contributed by atoms with E-state index in [9.17, 15) is 4.79 Å². The van der Waals surface area contributed by atoms with Crippen molar-refractivity contribution in [1.29, 1.82) is 0 Å². The fraction of sp³-hybridized carbons (Fsp3) is 0.389. The van der Waals surface area contributed by atoms with Gasteiger partial charge in [0.1, 0.15) is 5.75 Å². The molecule has 1 aromatic rings. The molecule has 0 radical (unpaired) electrons. The van der Waals surface area contributed by atoms with Gasteiger partial charge in [-0.15, -0.1) is 0 Å². The summed E-state index contributed by atoms with van der Waals surface area (Å²) in [4.78, 5) is 11.5. The molecule has 0 heterocycles. The van der Waals surface area contributed by atoms with Gasteiger partial charge >= 0.3 is 0 Å². The standard InChI is InChI=1S/C18H25NO2/c1-4-5-6-7-18(20)19-13-12-16-8-10-17(11-9-16)21-14-15(2)3/h4-11,15H,12-14H2,1-3H3,(H,19,20). The number of nitrogens with one attached hydrogen (secondary N) is 1. The van der Waals surface area contributed by atoms with Gasteiger partial charge in [0.25, 0.3) is 0 Å². The molecule has 1 aromatic carbocycles. The number of benzene rings is 1. The molecule has 0 bridgehead atoms. The smallest absolute Gasteiger partial charge is 0.243 e. The first-order chi connectivity index (χ1) is 10.1. The summed E-state index contributed by atoms with van der Waals surface area (Å²) in [5.74, 6) is 1.35. The molecule has 0 fully saturated rings. The Hall–Kier alpha value is -2.03. The van der Waals surface area contributed by atoms with E-state index in [0.717, 1.165) is 18.8 Å². The number of carbonyl (C=O) groups is 1. The van der Waals surface area contributed by atoms with Crippen molar-refractivity contribution in [2.45, 2.75) is 27.2 Å². The average Bonchev–Trinajstić information content (AvgIpc) is 2.46. The lowest BCUT2D eigenvalue weighted by molar-refractivity contribution is -0.116. The summed E-state index contributed by atoms with van der Waals surface area (Å²) in [6.07, 6.45) is 7.79. The third-order valence-corrected chi connectivity index (χ3v) is 2.77. The van der Waals surface area contributed by atoms with E-state index in [4.69, 9.17) is 4.74 Å². The maximum atomic E-state index is 11.5. The minimum atomic E-state index is -0.0648. The fourth-order valence-electron chi connectivity index (χ4n) is 1.66. The molecule has 0 aliphatic heterocycles. The second kappa shape index (κ2) is 9.81. The summed E-state index contributed by atoms with van der Waals surface area (Å²) in [6, 6.07) is 8.03. The zero-order valence-electron chi connectivity index (χ0n) is 13.1. The van der Waals surface area contributed by atoms with Crippen LogP contribution >= 0.6 is 0 Å². The van der Waals surface area contributed by atoms with Crippen LogP contribution in [-0.2, 0) is 11.2 Å². The van der Waals surface area contributed by atoms with Crippen molar-refractivity contribution in [1.82, 2.24) is 5.32 Å². The molecule has 114 valence electrons. The van der Waals surface area contributed by atoms with E-state index < -0.39 is 0 Å². The molecule has 0 aromatic heterocycles. The highest BCUT2D eigenvalue weighted by atomic mass is 16.5. The van der Waals surface area contributed by atoms with Crippen molar-refractivity contribution >= 4 is 5.91 Å². The number of hydrogen-bond acceptors (Lipinski definition) is 2. The summed E-state index contributed by atoms with van der Waals surface area (Å²) in [5, 5.41) is 2.85. The summed E-state index contributed by atoms with van der Waals surface area (Å²) in [7, 11) is 0. The van der Waals surface area contributed by atoms with Gasteiger partial charge in [-0.2, -0.15) is 0 Å². The maximum absolute atomic E-state index is 11.5. The summed E-state index contributed by atoms with van der Waals surface area (Å²) in [6.45, 7) is 7.53. The van der Waals surface area contributed by atoms with Gasteiger partial charge in [0.15, 0.2) is 0 Å². The van der Waals surface area contributed by atoms with Crippen LogP contribution in [0.1, 0.15) is 26.3 Å². The molecule has 3 heteroatoms. The van der Waals surface area contributed by atoms with Crippen LogP contribution in [0, 0.1) is 5.92 Å². The van der Waals surface area contributed by atoms with Crippen molar-refractivity contribution in [3.63, 3.8) is 0 Å². The lowest BCUT2D eigenvalue weighted by Gasteiger charge is -2.09. The first kappa shape index (κ1) is 17.0. The van der Waals surface area contributed by atoms with Gasteiger partial charge in [-0.25, -0.2) is 0 Å². The van der Waals surface area contributed by atoms with Gasteiger partial charge in [-0.1, -0.05) is 44.2 Å². The van der Waals surface area contributed by atoms with Crippen molar-refractivity contribution in [2.75, 3.05) is 13.2 Å². The Morgan fingerprint density at radius 3 is 2.57 bits per heavy atom. The lowest BCUT2D eigenvalue weighted by atomic mass is 10.1. The second-order valence-electron chi connectivity index (χ2n) is 5.27. The Kier molecular flexibility index (Phi) is 7.95. The SMILES string of the molecule is CC=CC=CC(=O)NCCc1ccc(OCC(C)C)cc1. The molecule has 0 aliphatic carbocycles. The normalized spacial score (nSPS) is 11.4. The Labute approximate surface area is 127 Å². The molecule has 1 N–H and O–H groups in total. The number of carbonyl (C=O) groups excluding carboxylic acids is 1. The summed E-state index contributed by atoms with van der Waals surface area (Å²) >= 11 is 0. The topological polar surface area (TPSA) is 38.3 Å². The molecule has 3 nitrogen and oxygen atoms in total. The predicted octanol–water partition coefficient (Wildman–Crippen LogP) is 3.51. The maximum Gasteiger partial charge on any atom is 0.243 e. The third-order valence-electron chi connectivity index (χ3n) is 2.77. The summed E-state index contributed by atoms with van der Waals surface area (Å²) < 4.78 is 5.63. The molecule has 1 rings (SSSR count). The van der Waals surface area contributed by atoms with E-state index in [0.29, 0.717) is 12.5 Å². The average molecular weight is 287 g/mol. The van der Waals surface area contributed by atoms with Gasteiger partial charge in [0.05, 0.1) is 6.61 Å². The van der Waals surface area contributed by atoms with Crippen molar-refractivity contribution < 1.29 is 9.53 Å². The molecule has 0 saturated heterocycles. The van der Waals surface area contributed by atoms with E-state index >= 15 is 0 Å². The number of amides is 1. The van der Waals surface area contributed by atoms with Gasteiger partial charge in [0.2, 0.25) is 5.91 Å². The van der Waals surface area contributed by atoms with Gasteiger partial charge in [-0.05, 0) is 37.0 Å². The van der Waals surface area contributed by atoms with Crippen LogP contribution in [0.5, 0.6) is 5.75 Å². The number of hydrogen-bond donors (Lipinski definition) is 1. The number of allylic oxidation sites excluding steroid dienone is 3. The van der Waals surface area contributed by atoms with Crippen LogP contribution in [0.2, 0.25) is 0 Å². The van der Waals surface area contributed by atoms with Gasteiger partial charge in [0, 0.05) is 12.6 Å². The minimum Gasteiger partial charge on any atom is -0.493 e. The minimum absolute atomic E-state index is 0.0648. The molecule has 21 heavy (non-hydrogen) atoms. The van der Waals surface area contributed by atoms with E-state index in [2.05, 4.69) is 19.2 Å². The largest absolute Gasteiger partial charge is 0.493 e. The Balaban J connectivity index is 2.31. The molecule has 0 saturated carbocycles. The molecular formula is C18H25NO2.